The first kappa shape index (κ1) is 18.8. The van der Waals surface area contributed by atoms with E-state index >= 15 is 0 Å². The fraction of sp³-hybridized carbons (Fsp3) is 0.286. The lowest BCUT2D eigenvalue weighted by Crippen LogP contribution is -2.23. The number of hydrogen-bond donors (Lipinski definition) is 2. The Morgan fingerprint density at radius 2 is 1.90 bits per heavy atom. The Bertz CT molecular complexity index is 957. The SMILES string of the molecule is O=C(COc1ccc(NC(=O)c2ccco2)cc1)Nc1ccnn1C1CCCC1. The molecule has 3 aromatic rings. The van der Waals surface area contributed by atoms with Crippen LogP contribution in [0.1, 0.15) is 42.3 Å². The van der Waals surface area contributed by atoms with Gasteiger partial charge in [-0.05, 0) is 49.2 Å². The highest BCUT2D eigenvalue weighted by Crippen LogP contribution is 2.31. The number of ether oxygens (including phenoxy) is 1. The van der Waals surface area contributed by atoms with Crippen LogP contribution in [0.4, 0.5) is 11.5 Å². The highest BCUT2D eigenvalue weighted by Gasteiger charge is 2.20. The molecule has 4 rings (SSSR count). The van der Waals surface area contributed by atoms with Crippen molar-refractivity contribution in [3.8, 4) is 5.75 Å². The van der Waals surface area contributed by atoms with Crippen LogP contribution in [0, 0.1) is 0 Å². The normalized spacial score (nSPS) is 13.9. The van der Waals surface area contributed by atoms with Crippen molar-refractivity contribution in [3.63, 3.8) is 0 Å². The van der Waals surface area contributed by atoms with Crippen molar-refractivity contribution >= 4 is 23.3 Å². The van der Waals surface area contributed by atoms with Gasteiger partial charge in [-0.2, -0.15) is 5.10 Å². The number of rotatable bonds is 7. The number of nitrogens with zero attached hydrogens (tertiary/aromatic N) is 2. The minimum Gasteiger partial charge on any atom is -0.484 e. The number of amides is 2. The molecule has 2 N–H and O–H groups in total. The lowest BCUT2D eigenvalue weighted by atomic mass is 10.2. The van der Waals surface area contributed by atoms with E-state index in [0.717, 1.165) is 12.8 Å². The van der Waals surface area contributed by atoms with Gasteiger partial charge in [0.15, 0.2) is 12.4 Å². The van der Waals surface area contributed by atoms with Gasteiger partial charge in [0, 0.05) is 11.8 Å². The molecule has 29 heavy (non-hydrogen) atoms. The van der Waals surface area contributed by atoms with Gasteiger partial charge < -0.3 is 19.8 Å². The molecule has 2 aromatic heterocycles. The predicted octanol–water partition coefficient (Wildman–Crippen LogP) is 3.86. The lowest BCUT2D eigenvalue weighted by molar-refractivity contribution is -0.118. The van der Waals surface area contributed by atoms with Gasteiger partial charge in [0.25, 0.3) is 11.8 Å². The largest absolute Gasteiger partial charge is 0.484 e. The number of benzene rings is 1. The summed E-state index contributed by atoms with van der Waals surface area (Å²) in [6.07, 6.45) is 7.70. The highest BCUT2D eigenvalue weighted by molar-refractivity contribution is 6.02. The van der Waals surface area contributed by atoms with Gasteiger partial charge in [-0.3, -0.25) is 9.59 Å². The van der Waals surface area contributed by atoms with Crippen LogP contribution in [0.5, 0.6) is 5.75 Å². The summed E-state index contributed by atoms with van der Waals surface area (Å²) in [7, 11) is 0. The fourth-order valence-corrected chi connectivity index (χ4v) is 3.42. The van der Waals surface area contributed by atoms with Crippen LogP contribution >= 0.6 is 0 Å². The summed E-state index contributed by atoms with van der Waals surface area (Å²) in [4.78, 5) is 24.2. The number of nitrogens with one attached hydrogen (secondary N) is 2. The second-order valence-electron chi connectivity index (χ2n) is 6.89. The molecule has 150 valence electrons. The van der Waals surface area contributed by atoms with E-state index in [-0.39, 0.29) is 24.2 Å². The Hall–Kier alpha value is -3.55. The maximum atomic E-state index is 12.2. The molecule has 0 saturated heterocycles. The number of furan rings is 1. The lowest BCUT2D eigenvalue weighted by Gasteiger charge is -2.15. The third-order valence-electron chi connectivity index (χ3n) is 4.84. The average molecular weight is 394 g/mol. The first-order valence-electron chi connectivity index (χ1n) is 9.60. The molecule has 1 fully saturated rings. The van der Waals surface area contributed by atoms with Crippen LogP contribution in [0.3, 0.4) is 0 Å². The van der Waals surface area contributed by atoms with Crippen molar-refractivity contribution in [2.75, 3.05) is 17.2 Å². The fourth-order valence-electron chi connectivity index (χ4n) is 3.42. The third kappa shape index (κ3) is 4.66. The zero-order valence-corrected chi connectivity index (χ0v) is 15.8. The minimum atomic E-state index is -0.332. The molecule has 0 atom stereocenters. The van der Waals surface area contributed by atoms with E-state index < -0.39 is 0 Å². The summed E-state index contributed by atoms with van der Waals surface area (Å²) < 4.78 is 12.5. The zero-order chi connectivity index (χ0) is 20.1. The molecule has 1 aliphatic rings. The number of aromatic nitrogens is 2. The van der Waals surface area contributed by atoms with Gasteiger partial charge in [-0.1, -0.05) is 12.8 Å². The first-order chi connectivity index (χ1) is 14.2. The van der Waals surface area contributed by atoms with Crippen LogP contribution < -0.4 is 15.4 Å². The summed E-state index contributed by atoms with van der Waals surface area (Å²) in [5.74, 6) is 0.877. The summed E-state index contributed by atoms with van der Waals surface area (Å²) in [5, 5.41) is 9.92. The molecule has 8 heteroatoms. The van der Waals surface area contributed by atoms with E-state index in [4.69, 9.17) is 9.15 Å². The van der Waals surface area contributed by atoms with Crippen molar-refractivity contribution in [1.29, 1.82) is 0 Å². The smallest absolute Gasteiger partial charge is 0.291 e. The summed E-state index contributed by atoms with van der Waals surface area (Å²) in [6, 6.07) is 12.2. The molecule has 1 aliphatic carbocycles. The molecule has 8 nitrogen and oxygen atoms in total. The van der Waals surface area contributed by atoms with Crippen molar-refractivity contribution in [1.82, 2.24) is 9.78 Å². The number of anilines is 2. The molecule has 0 spiro atoms. The van der Waals surface area contributed by atoms with E-state index in [2.05, 4.69) is 15.7 Å². The number of carbonyl (C=O) groups excluding carboxylic acids is 2. The topological polar surface area (TPSA) is 98.4 Å². The van der Waals surface area contributed by atoms with E-state index in [1.165, 1.54) is 19.1 Å². The van der Waals surface area contributed by atoms with E-state index in [9.17, 15) is 9.59 Å². The van der Waals surface area contributed by atoms with Crippen molar-refractivity contribution in [2.24, 2.45) is 0 Å². The Balaban J connectivity index is 1.27. The van der Waals surface area contributed by atoms with E-state index in [1.807, 2.05) is 4.68 Å². The summed E-state index contributed by atoms with van der Waals surface area (Å²) >= 11 is 0. The van der Waals surface area contributed by atoms with E-state index in [0.29, 0.717) is 23.3 Å². The average Bonchev–Trinajstić information content (AvgIpc) is 3.49. The quantitative estimate of drug-likeness (QED) is 0.634. The molecule has 0 radical (unpaired) electrons. The maximum Gasteiger partial charge on any atom is 0.291 e. The highest BCUT2D eigenvalue weighted by atomic mass is 16.5. The standard InChI is InChI=1S/C21H22N4O4/c26-20(24-19-11-12-22-25(19)16-4-1-2-5-16)14-29-17-9-7-15(8-10-17)23-21(27)18-6-3-13-28-18/h3,6-13,16H,1-2,4-5,14H2,(H,23,27)(H,24,26). The van der Waals surface area contributed by atoms with Crippen molar-refractivity contribution < 1.29 is 18.7 Å². The molecule has 2 amide bonds. The summed E-state index contributed by atoms with van der Waals surface area (Å²) in [5.41, 5.74) is 0.601. The van der Waals surface area contributed by atoms with Crippen LogP contribution in [0.25, 0.3) is 0 Å². The Morgan fingerprint density at radius 1 is 1.10 bits per heavy atom. The monoisotopic (exact) mass is 394 g/mol. The Morgan fingerprint density at radius 3 is 2.62 bits per heavy atom. The molecule has 0 bridgehead atoms. The number of carbonyl (C=O) groups is 2. The zero-order valence-electron chi connectivity index (χ0n) is 15.8. The third-order valence-corrected chi connectivity index (χ3v) is 4.84. The second-order valence-corrected chi connectivity index (χ2v) is 6.89. The van der Waals surface area contributed by atoms with Crippen LogP contribution in [-0.2, 0) is 4.79 Å². The molecule has 0 aliphatic heterocycles. The molecule has 1 aromatic carbocycles. The van der Waals surface area contributed by atoms with Crippen LogP contribution in [0.2, 0.25) is 0 Å². The van der Waals surface area contributed by atoms with Gasteiger partial charge in [0.05, 0.1) is 18.5 Å². The molecular weight excluding hydrogens is 372 g/mol. The minimum absolute atomic E-state index is 0.117. The molecular formula is C21H22N4O4. The van der Waals surface area contributed by atoms with Gasteiger partial charge in [-0.25, -0.2) is 4.68 Å². The first-order valence-corrected chi connectivity index (χ1v) is 9.60. The Kier molecular flexibility index (Phi) is 5.60. The van der Waals surface area contributed by atoms with Gasteiger partial charge in [-0.15, -0.1) is 0 Å². The molecule has 0 unspecified atom stereocenters. The van der Waals surface area contributed by atoms with Crippen molar-refractivity contribution in [2.45, 2.75) is 31.7 Å². The van der Waals surface area contributed by atoms with E-state index in [1.54, 1.807) is 48.7 Å². The van der Waals surface area contributed by atoms with Gasteiger partial charge in [0.2, 0.25) is 0 Å². The van der Waals surface area contributed by atoms with Gasteiger partial charge >= 0.3 is 0 Å². The molecule has 1 saturated carbocycles. The van der Waals surface area contributed by atoms with Crippen LogP contribution in [-0.4, -0.2) is 28.2 Å². The number of hydrogen-bond acceptors (Lipinski definition) is 5. The molecule has 2 heterocycles. The summed E-state index contributed by atoms with van der Waals surface area (Å²) in [6.45, 7) is -0.117. The Labute approximate surface area is 167 Å². The van der Waals surface area contributed by atoms with Crippen molar-refractivity contribution in [3.05, 3.63) is 60.7 Å². The predicted molar refractivity (Wildman–Crippen MR) is 107 cm³/mol. The maximum absolute atomic E-state index is 12.2. The van der Waals surface area contributed by atoms with Crippen LogP contribution in [0.15, 0.2) is 59.3 Å². The van der Waals surface area contributed by atoms with Gasteiger partial charge in [0.1, 0.15) is 11.6 Å². The second kappa shape index (κ2) is 8.64.